The zero-order chi connectivity index (χ0) is 24.1. The summed E-state index contributed by atoms with van der Waals surface area (Å²) in [5.74, 6) is 0.248. The lowest BCUT2D eigenvalue weighted by Crippen LogP contribution is -2.46. The molecule has 2 aromatic carbocycles. The van der Waals surface area contributed by atoms with E-state index in [1.54, 1.807) is 18.3 Å². The van der Waals surface area contributed by atoms with Crippen LogP contribution in [0.4, 0.5) is 4.79 Å². The maximum atomic E-state index is 13.4. The number of imide groups is 1. The number of rotatable bonds is 4. The molecule has 0 saturated carbocycles. The Bertz CT molecular complexity index is 1190. The van der Waals surface area contributed by atoms with Crippen LogP contribution in [0.25, 0.3) is 10.2 Å². The van der Waals surface area contributed by atoms with Crippen molar-refractivity contribution in [3.05, 3.63) is 64.7 Å². The Hall–Kier alpha value is -2.77. The van der Waals surface area contributed by atoms with Gasteiger partial charge in [0, 0.05) is 19.0 Å². The molecule has 2 aliphatic heterocycles. The molecule has 5 rings (SSSR count). The van der Waals surface area contributed by atoms with E-state index in [2.05, 4.69) is 61.3 Å². The second-order valence-electron chi connectivity index (χ2n) is 10.7. The summed E-state index contributed by atoms with van der Waals surface area (Å²) >= 11 is 1.78. The minimum atomic E-state index is -1.03. The Labute approximate surface area is 205 Å². The fourth-order valence-corrected chi connectivity index (χ4v) is 6.05. The molecule has 0 bridgehead atoms. The van der Waals surface area contributed by atoms with E-state index in [9.17, 15) is 9.59 Å². The minimum Gasteiger partial charge on any atom is -0.319 e. The molecule has 3 aromatic rings. The van der Waals surface area contributed by atoms with Crippen molar-refractivity contribution in [3.63, 3.8) is 0 Å². The van der Waals surface area contributed by atoms with Crippen LogP contribution in [0, 0.1) is 0 Å². The normalized spacial score (nSPS) is 22.5. The number of aromatic nitrogens is 1. The van der Waals surface area contributed by atoms with E-state index in [1.165, 1.54) is 20.2 Å². The zero-order valence-electron chi connectivity index (χ0n) is 20.3. The molecule has 6 nitrogen and oxygen atoms in total. The molecule has 2 saturated heterocycles. The Kier molecular flexibility index (Phi) is 5.73. The zero-order valence-corrected chi connectivity index (χ0v) is 21.1. The number of piperidine rings is 1. The monoisotopic (exact) mass is 476 g/mol. The molecule has 3 heterocycles. The molecule has 1 N–H and O–H groups in total. The van der Waals surface area contributed by atoms with Crippen molar-refractivity contribution in [1.29, 1.82) is 0 Å². The van der Waals surface area contributed by atoms with Gasteiger partial charge in [-0.05, 0) is 48.4 Å². The summed E-state index contributed by atoms with van der Waals surface area (Å²) in [4.78, 5) is 34.6. The standard InChI is InChI=1S/C27H32N4O2S/c1-26(2,3)19-9-11-20(12-10-19)27(4)24(32)31(25(33)29-27)17-30-15-13-18(14-16-30)23-28-21-7-5-6-8-22(21)34-23/h5-12,18H,13-17H2,1-4H3,(H,29,33)/t27-/m0/s1. The first-order valence-electron chi connectivity index (χ1n) is 12.0. The van der Waals surface area contributed by atoms with Crippen LogP contribution in [0.3, 0.4) is 0 Å². The summed E-state index contributed by atoms with van der Waals surface area (Å²) in [5, 5.41) is 4.14. The summed E-state index contributed by atoms with van der Waals surface area (Å²) < 4.78 is 1.23. The van der Waals surface area contributed by atoms with Crippen molar-refractivity contribution in [2.24, 2.45) is 0 Å². The number of amides is 3. The molecule has 2 aliphatic rings. The van der Waals surface area contributed by atoms with Crippen LogP contribution in [-0.2, 0) is 15.7 Å². The van der Waals surface area contributed by atoms with Crippen molar-refractivity contribution < 1.29 is 9.59 Å². The molecule has 0 spiro atoms. The third-order valence-corrected chi connectivity index (χ3v) is 8.39. The van der Waals surface area contributed by atoms with Gasteiger partial charge < -0.3 is 5.32 Å². The van der Waals surface area contributed by atoms with Gasteiger partial charge in [0.05, 0.1) is 21.9 Å². The lowest BCUT2D eigenvalue weighted by molar-refractivity contribution is -0.132. The van der Waals surface area contributed by atoms with Crippen LogP contribution in [0.15, 0.2) is 48.5 Å². The topological polar surface area (TPSA) is 65.5 Å². The number of urea groups is 1. The molecular formula is C27H32N4O2S. The number of hydrogen-bond acceptors (Lipinski definition) is 5. The van der Waals surface area contributed by atoms with Gasteiger partial charge in [0.2, 0.25) is 0 Å². The Morgan fingerprint density at radius 2 is 1.74 bits per heavy atom. The van der Waals surface area contributed by atoms with Gasteiger partial charge >= 0.3 is 6.03 Å². The minimum absolute atomic E-state index is 0.0336. The first-order chi connectivity index (χ1) is 16.1. The van der Waals surface area contributed by atoms with Gasteiger partial charge in [0.25, 0.3) is 5.91 Å². The second-order valence-corrected chi connectivity index (χ2v) is 11.7. The number of hydrogen-bond donors (Lipinski definition) is 1. The van der Waals surface area contributed by atoms with Crippen molar-refractivity contribution in [2.45, 2.75) is 57.4 Å². The quantitative estimate of drug-likeness (QED) is 0.526. The van der Waals surface area contributed by atoms with Crippen LogP contribution < -0.4 is 5.32 Å². The number of fused-ring (bicyclic) bond motifs is 1. The van der Waals surface area contributed by atoms with Gasteiger partial charge in [0.1, 0.15) is 5.54 Å². The number of thiazole rings is 1. The smallest absolute Gasteiger partial charge is 0.319 e. The second kappa shape index (κ2) is 8.47. The van der Waals surface area contributed by atoms with Crippen molar-refractivity contribution in [2.75, 3.05) is 19.8 Å². The van der Waals surface area contributed by atoms with E-state index in [0.717, 1.165) is 37.0 Å². The third kappa shape index (κ3) is 4.12. The van der Waals surface area contributed by atoms with Crippen molar-refractivity contribution in [1.82, 2.24) is 20.1 Å². The summed E-state index contributed by atoms with van der Waals surface area (Å²) in [6.07, 6.45) is 1.96. The largest absolute Gasteiger partial charge is 0.326 e. The molecular weight excluding hydrogens is 444 g/mol. The summed E-state index contributed by atoms with van der Waals surface area (Å²) in [7, 11) is 0. The lowest BCUT2D eigenvalue weighted by atomic mass is 9.84. The number of carbonyl (C=O) groups excluding carboxylic acids is 2. The molecule has 3 amide bonds. The molecule has 2 fully saturated rings. The highest BCUT2D eigenvalue weighted by molar-refractivity contribution is 7.18. The molecule has 0 aliphatic carbocycles. The third-order valence-electron chi connectivity index (χ3n) is 7.19. The van der Waals surface area contributed by atoms with Gasteiger partial charge in [-0.2, -0.15) is 0 Å². The van der Waals surface area contributed by atoms with Gasteiger partial charge in [-0.3, -0.25) is 9.69 Å². The highest BCUT2D eigenvalue weighted by Crippen LogP contribution is 2.35. The number of nitrogens with zero attached hydrogens (tertiary/aromatic N) is 3. The maximum absolute atomic E-state index is 13.4. The molecule has 1 aromatic heterocycles. The fourth-order valence-electron chi connectivity index (χ4n) is 4.91. The summed E-state index contributed by atoms with van der Waals surface area (Å²) in [6.45, 7) is 10.3. The summed E-state index contributed by atoms with van der Waals surface area (Å²) in [6, 6.07) is 16.0. The molecule has 178 valence electrons. The van der Waals surface area contributed by atoms with E-state index in [1.807, 2.05) is 18.2 Å². The van der Waals surface area contributed by atoms with Crippen molar-refractivity contribution >= 4 is 33.5 Å². The Morgan fingerprint density at radius 1 is 1.06 bits per heavy atom. The highest BCUT2D eigenvalue weighted by atomic mass is 32.1. The predicted molar refractivity (Wildman–Crippen MR) is 136 cm³/mol. The number of benzene rings is 2. The van der Waals surface area contributed by atoms with E-state index >= 15 is 0 Å². The van der Waals surface area contributed by atoms with Gasteiger partial charge in [-0.15, -0.1) is 11.3 Å². The Balaban J connectivity index is 1.24. The van der Waals surface area contributed by atoms with Crippen LogP contribution >= 0.6 is 11.3 Å². The Morgan fingerprint density at radius 3 is 2.38 bits per heavy atom. The van der Waals surface area contributed by atoms with E-state index in [4.69, 9.17) is 4.98 Å². The number of likely N-dealkylation sites (tertiary alicyclic amines) is 1. The van der Waals surface area contributed by atoms with Gasteiger partial charge in [0.15, 0.2) is 0 Å². The number of carbonyl (C=O) groups is 2. The first-order valence-corrected chi connectivity index (χ1v) is 12.8. The van der Waals surface area contributed by atoms with Gasteiger partial charge in [-0.1, -0.05) is 57.2 Å². The molecule has 0 unspecified atom stereocenters. The number of nitrogens with one attached hydrogen (secondary N) is 1. The fraction of sp³-hybridized carbons (Fsp3) is 0.444. The predicted octanol–water partition coefficient (Wildman–Crippen LogP) is 5.20. The van der Waals surface area contributed by atoms with Crippen LogP contribution in [0.5, 0.6) is 0 Å². The van der Waals surface area contributed by atoms with Crippen LogP contribution in [0.1, 0.15) is 62.6 Å². The maximum Gasteiger partial charge on any atom is 0.326 e. The highest BCUT2D eigenvalue weighted by Gasteiger charge is 2.49. The molecule has 0 radical (unpaired) electrons. The average Bonchev–Trinajstić information content (AvgIpc) is 3.34. The van der Waals surface area contributed by atoms with E-state index in [-0.39, 0.29) is 17.4 Å². The van der Waals surface area contributed by atoms with Gasteiger partial charge in [-0.25, -0.2) is 14.7 Å². The molecule has 1 atom stereocenters. The summed E-state index contributed by atoms with van der Waals surface area (Å²) in [5.41, 5.74) is 2.08. The van der Waals surface area contributed by atoms with E-state index < -0.39 is 5.54 Å². The SMILES string of the molecule is CC(C)(C)c1ccc([C@]2(C)NC(=O)N(CN3CCC(c4nc5ccccc5s4)CC3)C2=O)cc1. The van der Waals surface area contributed by atoms with Crippen LogP contribution in [-0.4, -0.2) is 46.5 Å². The first kappa shape index (κ1) is 23.0. The van der Waals surface area contributed by atoms with E-state index in [0.29, 0.717) is 12.6 Å². The van der Waals surface area contributed by atoms with Crippen molar-refractivity contribution in [3.8, 4) is 0 Å². The lowest BCUT2D eigenvalue weighted by Gasteiger charge is -2.33. The number of para-hydroxylation sites is 1. The molecule has 7 heteroatoms. The average molecular weight is 477 g/mol. The van der Waals surface area contributed by atoms with Crippen LogP contribution in [0.2, 0.25) is 0 Å². The molecule has 34 heavy (non-hydrogen) atoms.